The Bertz CT molecular complexity index is 979. The highest BCUT2D eigenvalue weighted by molar-refractivity contribution is 6.50. The molecule has 0 aromatic heterocycles. The van der Waals surface area contributed by atoms with Crippen molar-refractivity contribution in [2.45, 2.75) is 29.1 Å². The number of anilines is 1. The molecule has 1 heterocycles. The summed E-state index contributed by atoms with van der Waals surface area (Å²) in [5.41, 5.74) is 5.07. The molecular weight excluding hydrogens is 500 g/mol. The van der Waals surface area contributed by atoms with Crippen molar-refractivity contribution in [3.8, 4) is 0 Å². The van der Waals surface area contributed by atoms with E-state index in [0.717, 1.165) is 4.90 Å². The van der Waals surface area contributed by atoms with Crippen LogP contribution in [0.2, 0.25) is 5.02 Å². The van der Waals surface area contributed by atoms with E-state index < -0.39 is 46.1 Å². The second kappa shape index (κ2) is 10.0. The molecule has 2 fully saturated rings. The van der Waals surface area contributed by atoms with E-state index in [2.05, 4.69) is 10.6 Å². The summed E-state index contributed by atoms with van der Waals surface area (Å²) in [6.45, 7) is -0.506. The van der Waals surface area contributed by atoms with Crippen LogP contribution in [-0.4, -0.2) is 77.7 Å². The van der Waals surface area contributed by atoms with E-state index in [0.29, 0.717) is 11.4 Å². The second-order valence-electron chi connectivity index (χ2n) is 7.90. The van der Waals surface area contributed by atoms with Gasteiger partial charge in [0.15, 0.2) is 0 Å². The normalized spacial score (nSPS) is 25.4. The predicted molar refractivity (Wildman–Crippen MR) is 123 cm³/mol. The minimum Gasteiger partial charge on any atom is -0.376 e. The zero-order valence-corrected chi connectivity index (χ0v) is 19.8. The molecule has 0 spiro atoms. The zero-order chi connectivity index (χ0) is 24.5. The number of alkyl halides is 3. The summed E-state index contributed by atoms with van der Waals surface area (Å²) in [6.07, 6.45) is -2.19. The van der Waals surface area contributed by atoms with Crippen LogP contribution in [0.25, 0.3) is 0 Å². The lowest BCUT2D eigenvalue weighted by molar-refractivity contribution is -0.140. The molecule has 1 saturated carbocycles. The Labute approximate surface area is 204 Å². The van der Waals surface area contributed by atoms with Crippen LogP contribution < -0.4 is 16.4 Å². The molecule has 1 aliphatic carbocycles. The van der Waals surface area contributed by atoms with E-state index in [1.54, 1.807) is 0 Å². The number of carbonyl (C=O) groups excluding carboxylic acids is 3. The Balaban J connectivity index is 1.71. The lowest BCUT2D eigenvalue weighted by atomic mass is 10.1. The topological polar surface area (TPSA) is 138 Å². The number of ether oxygens (including phenoxy) is 1. The van der Waals surface area contributed by atoms with E-state index in [-0.39, 0.29) is 36.8 Å². The first-order chi connectivity index (χ1) is 15.5. The van der Waals surface area contributed by atoms with Gasteiger partial charge in [0.2, 0.25) is 11.8 Å². The van der Waals surface area contributed by atoms with Crippen molar-refractivity contribution in [2.24, 2.45) is 11.7 Å². The smallest absolute Gasteiger partial charge is 0.267 e. The van der Waals surface area contributed by atoms with Crippen LogP contribution in [0.4, 0.5) is 10.1 Å². The molecule has 3 rings (SSSR count). The summed E-state index contributed by atoms with van der Waals surface area (Å²) >= 11 is 17.9. The van der Waals surface area contributed by atoms with Crippen LogP contribution in [0.1, 0.15) is 12.0 Å². The molecule has 2 aliphatic rings. The summed E-state index contributed by atoms with van der Waals surface area (Å²) in [4.78, 5) is 38.2. The number of nitrogens with two attached hydrogens (primary N) is 1. The molecule has 1 aliphatic heterocycles. The maximum atomic E-state index is 14.6. The third kappa shape index (κ3) is 5.68. The number of nitrogens with one attached hydrogen (secondary N) is 3. The zero-order valence-electron chi connectivity index (χ0n) is 17.5. The number of primary amides is 1. The third-order valence-corrected chi connectivity index (χ3v) is 6.80. The Hall–Kier alpha value is -2.14. The number of nitrogens with zero attached hydrogens (tertiary/aromatic N) is 1. The van der Waals surface area contributed by atoms with Crippen molar-refractivity contribution in [3.63, 3.8) is 0 Å². The first-order valence-corrected chi connectivity index (χ1v) is 11.1. The molecule has 4 atom stereocenters. The lowest BCUT2D eigenvalue weighted by Crippen LogP contribution is -2.52. The fourth-order valence-electron chi connectivity index (χ4n) is 3.71. The molecule has 1 aromatic carbocycles. The fourth-order valence-corrected chi connectivity index (χ4v) is 4.41. The van der Waals surface area contributed by atoms with Crippen LogP contribution in [0, 0.1) is 11.3 Å². The molecule has 0 bridgehead atoms. The van der Waals surface area contributed by atoms with E-state index >= 15 is 0 Å². The predicted octanol–water partition coefficient (Wildman–Crippen LogP) is 1.48. The molecule has 9 nitrogen and oxygen atoms in total. The summed E-state index contributed by atoms with van der Waals surface area (Å²) in [5, 5.41) is 13.6. The summed E-state index contributed by atoms with van der Waals surface area (Å²) in [5.74, 6) is -2.25. The van der Waals surface area contributed by atoms with Crippen LogP contribution in [0.15, 0.2) is 18.2 Å². The average molecular weight is 523 g/mol. The quantitative estimate of drug-likeness (QED) is 0.288. The minimum atomic E-state index is -1.57. The number of methoxy groups -OCH3 is 1. The minimum absolute atomic E-state index is 0.124. The van der Waals surface area contributed by atoms with Crippen molar-refractivity contribution >= 4 is 63.9 Å². The molecule has 0 radical (unpaired) electrons. The van der Waals surface area contributed by atoms with E-state index in [1.807, 2.05) is 0 Å². The van der Waals surface area contributed by atoms with Gasteiger partial charge in [-0.1, -0.05) is 11.6 Å². The van der Waals surface area contributed by atoms with Crippen molar-refractivity contribution in [2.75, 3.05) is 32.1 Å². The molecule has 3 amide bonds. The first kappa shape index (κ1) is 25.5. The standard InChI is InChI=1S/C20H23Cl3FN5O4/c1-33-17-12(24)8-29(16(17)19(32)28-6-9-5-20(9,22)23)14(30)7-27-13-4-10(21)2-3-11(13)15(25)18(26)31/h2-4,9,12,16-17,25,27H,5-8H2,1H3,(H2,26,31)(H,28,32)/t9-,12+,16+,17-/m1/s1. The second-order valence-corrected chi connectivity index (χ2v) is 9.88. The molecule has 33 heavy (non-hydrogen) atoms. The van der Waals surface area contributed by atoms with E-state index in [9.17, 15) is 18.8 Å². The van der Waals surface area contributed by atoms with E-state index in [1.165, 1.54) is 25.3 Å². The largest absolute Gasteiger partial charge is 0.376 e. The molecule has 180 valence electrons. The van der Waals surface area contributed by atoms with Crippen LogP contribution in [0.3, 0.4) is 0 Å². The molecular formula is C20H23Cl3FN5O4. The number of hydrogen-bond acceptors (Lipinski definition) is 6. The summed E-state index contributed by atoms with van der Waals surface area (Å²) in [7, 11) is 1.26. The van der Waals surface area contributed by atoms with Gasteiger partial charge >= 0.3 is 0 Å². The van der Waals surface area contributed by atoms with Crippen LogP contribution in [-0.2, 0) is 19.1 Å². The Morgan fingerprint density at radius 1 is 1.36 bits per heavy atom. The van der Waals surface area contributed by atoms with Gasteiger partial charge in [0.1, 0.15) is 28.4 Å². The number of amides is 3. The maximum absolute atomic E-state index is 14.6. The van der Waals surface area contributed by atoms with Crippen molar-refractivity contribution in [1.82, 2.24) is 10.2 Å². The Morgan fingerprint density at radius 3 is 2.61 bits per heavy atom. The Kier molecular flexibility index (Phi) is 7.73. The van der Waals surface area contributed by atoms with E-state index in [4.69, 9.17) is 50.7 Å². The first-order valence-electron chi connectivity index (χ1n) is 10.00. The number of benzene rings is 1. The molecule has 1 aromatic rings. The monoisotopic (exact) mass is 521 g/mol. The summed E-state index contributed by atoms with van der Waals surface area (Å²) in [6, 6.07) is 3.11. The molecule has 13 heteroatoms. The molecule has 0 unspecified atom stereocenters. The van der Waals surface area contributed by atoms with Gasteiger partial charge in [-0.25, -0.2) is 4.39 Å². The van der Waals surface area contributed by atoms with Gasteiger partial charge in [-0.15, -0.1) is 23.2 Å². The highest BCUT2D eigenvalue weighted by Crippen LogP contribution is 2.52. The highest BCUT2D eigenvalue weighted by Gasteiger charge is 2.53. The van der Waals surface area contributed by atoms with Gasteiger partial charge in [0, 0.05) is 35.8 Å². The lowest BCUT2D eigenvalue weighted by Gasteiger charge is -2.26. The number of hydrogen-bond donors (Lipinski definition) is 4. The number of halogens is 4. The third-order valence-electron chi connectivity index (χ3n) is 5.64. The molecule has 5 N–H and O–H groups in total. The average Bonchev–Trinajstić information content (AvgIpc) is 3.22. The number of rotatable bonds is 9. The van der Waals surface area contributed by atoms with Crippen molar-refractivity contribution in [3.05, 3.63) is 28.8 Å². The van der Waals surface area contributed by atoms with Crippen LogP contribution in [0.5, 0.6) is 0 Å². The van der Waals surface area contributed by atoms with Crippen LogP contribution >= 0.6 is 34.8 Å². The highest BCUT2D eigenvalue weighted by atomic mass is 35.5. The van der Waals surface area contributed by atoms with Gasteiger partial charge in [-0.3, -0.25) is 19.8 Å². The molecule has 1 saturated heterocycles. The van der Waals surface area contributed by atoms with Gasteiger partial charge in [-0.05, 0) is 24.6 Å². The van der Waals surface area contributed by atoms with Gasteiger partial charge in [-0.2, -0.15) is 0 Å². The number of likely N-dealkylation sites (tertiary alicyclic amines) is 1. The van der Waals surface area contributed by atoms with Gasteiger partial charge < -0.3 is 26.0 Å². The van der Waals surface area contributed by atoms with Crippen molar-refractivity contribution in [1.29, 1.82) is 5.41 Å². The van der Waals surface area contributed by atoms with Gasteiger partial charge in [0.25, 0.3) is 5.91 Å². The Morgan fingerprint density at radius 2 is 2.03 bits per heavy atom. The SMILES string of the molecule is CO[C@H]1[C@@H](C(=O)NC[C@H]2CC2(Cl)Cl)N(C(=O)CNc2cc(Cl)ccc2C(=N)C(N)=O)C[C@@H]1F. The maximum Gasteiger partial charge on any atom is 0.267 e. The fraction of sp³-hybridized carbons (Fsp3) is 0.500. The van der Waals surface area contributed by atoms with Gasteiger partial charge in [0.05, 0.1) is 13.1 Å². The summed E-state index contributed by atoms with van der Waals surface area (Å²) < 4.78 is 18.8. The number of carbonyl (C=O) groups is 3. The van der Waals surface area contributed by atoms with Crippen molar-refractivity contribution < 1.29 is 23.5 Å².